The molecule has 0 radical (unpaired) electrons. The largest absolute Gasteiger partial charge is 0.481 e. The maximum Gasteiger partial charge on any atom is 0.317 e. The topological polar surface area (TPSA) is 91.8 Å². The second-order valence-corrected chi connectivity index (χ2v) is 4.67. The Hall–Kier alpha value is -2.15. The molecule has 1 aliphatic heterocycles. The van der Waals surface area contributed by atoms with Crippen molar-refractivity contribution in [3.63, 3.8) is 0 Å². The van der Waals surface area contributed by atoms with Crippen molar-refractivity contribution < 1.29 is 19.4 Å². The Bertz CT molecular complexity index is 480. The summed E-state index contributed by atoms with van der Waals surface area (Å²) in [5.41, 5.74) is 0.930. The molecule has 2 atom stereocenters. The Morgan fingerprint density at radius 1 is 1.45 bits per heavy atom. The summed E-state index contributed by atoms with van der Waals surface area (Å²) in [5, 5.41) is 11.8. The summed E-state index contributed by atoms with van der Waals surface area (Å²) >= 11 is 0. The van der Waals surface area contributed by atoms with Gasteiger partial charge in [0.15, 0.2) is 0 Å². The average molecular weight is 279 g/mol. The Morgan fingerprint density at radius 2 is 2.15 bits per heavy atom. The average Bonchev–Trinajstić information content (AvgIpc) is 2.94. The minimum atomic E-state index is -0.943. The van der Waals surface area contributed by atoms with Crippen molar-refractivity contribution in [2.75, 3.05) is 20.3 Å². The van der Waals surface area contributed by atoms with Crippen molar-refractivity contribution in [1.29, 1.82) is 0 Å². The quantitative estimate of drug-likeness (QED) is 0.828. The highest BCUT2D eigenvalue weighted by atomic mass is 16.5. The minimum Gasteiger partial charge on any atom is -0.481 e. The van der Waals surface area contributed by atoms with Gasteiger partial charge < -0.3 is 20.1 Å². The standard InChI is InChI=1S/C13H17N3O4/c1-16(11-8-20-7-10(11)12(17)18)13(19)15-6-9-2-4-14-5-3-9/h2-5,10-11H,6-8H2,1H3,(H,15,19)(H,17,18). The lowest BCUT2D eigenvalue weighted by molar-refractivity contribution is -0.142. The number of carbonyl (C=O) groups is 2. The number of nitrogens with one attached hydrogen (secondary N) is 1. The first-order valence-corrected chi connectivity index (χ1v) is 6.29. The van der Waals surface area contributed by atoms with Crippen LogP contribution in [0.15, 0.2) is 24.5 Å². The summed E-state index contributed by atoms with van der Waals surface area (Å²) < 4.78 is 5.15. The van der Waals surface area contributed by atoms with Crippen LogP contribution >= 0.6 is 0 Å². The molecule has 2 unspecified atom stereocenters. The van der Waals surface area contributed by atoms with E-state index in [1.54, 1.807) is 31.6 Å². The fraction of sp³-hybridized carbons (Fsp3) is 0.462. The second kappa shape index (κ2) is 6.33. The van der Waals surface area contributed by atoms with E-state index in [-0.39, 0.29) is 19.2 Å². The zero-order valence-electron chi connectivity index (χ0n) is 11.2. The number of carboxylic acids is 1. The zero-order valence-corrected chi connectivity index (χ0v) is 11.2. The third-order valence-corrected chi connectivity index (χ3v) is 3.38. The van der Waals surface area contributed by atoms with Crippen molar-refractivity contribution in [1.82, 2.24) is 15.2 Å². The van der Waals surface area contributed by atoms with Crippen molar-refractivity contribution in [3.05, 3.63) is 30.1 Å². The number of nitrogens with zero attached hydrogens (tertiary/aromatic N) is 2. The summed E-state index contributed by atoms with van der Waals surface area (Å²) in [4.78, 5) is 28.4. The Labute approximate surface area is 116 Å². The van der Waals surface area contributed by atoms with Crippen LogP contribution in [0, 0.1) is 5.92 Å². The maximum atomic E-state index is 12.0. The summed E-state index contributed by atoms with van der Waals surface area (Å²) in [6.45, 7) is 0.759. The Morgan fingerprint density at radius 3 is 2.80 bits per heavy atom. The van der Waals surface area contributed by atoms with Gasteiger partial charge in [0.05, 0.1) is 19.3 Å². The van der Waals surface area contributed by atoms with E-state index in [0.29, 0.717) is 6.54 Å². The van der Waals surface area contributed by atoms with Gasteiger partial charge in [-0.05, 0) is 17.7 Å². The van der Waals surface area contributed by atoms with Gasteiger partial charge in [-0.2, -0.15) is 0 Å². The molecule has 0 spiro atoms. The van der Waals surface area contributed by atoms with Crippen LogP contribution in [-0.2, 0) is 16.1 Å². The van der Waals surface area contributed by atoms with E-state index in [9.17, 15) is 9.59 Å². The SMILES string of the molecule is CN(C(=O)NCc1ccncc1)C1COCC1C(=O)O. The van der Waals surface area contributed by atoms with Gasteiger partial charge in [0.25, 0.3) is 0 Å². The lowest BCUT2D eigenvalue weighted by atomic mass is 10.0. The van der Waals surface area contributed by atoms with Crippen LogP contribution < -0.4 is 5.32 Å². The molecule has 1 saturated heterocycles. The molecule has 1 fully saturated rings. The molecule has 0 aromatic carbocycles. The van der Waals surface area contributed by atoms with Crippen LogP contribution in [0.2, 0.25) is 0 Å². The first kappa shape index (κ1) is 14.3. The highest BCUT2D eigenvalue weighted by Gasteiger charge is 2.38. The van der Waals surface area contributed by atoms with Crippen LogP contribution in [0.4, 0.5) is 4.79 Å². The van der Waals surface area contributed by atoms with Crippen molar-refractivity contribution in [2.45, 2.75) is 12.6 Å². The number of rotatable bonds is 4. The third-order valence-electron chi connectivity index (χ3n) is 3.38. The molecule has 2 heterocycles. The number of hydrogen-bond acceptors (Lipinski definition) is 4. The molecule has 1 aromatic heterocycles. The summed E-state index contributed by atoms with van der Waals surface area (Å²) in [6.07, 6.45) is 3.30. The number of amides is 2. The Kier molecular flexibility index (Phi) is 4.52. The number of ether oxygens (including phenoxy) is 1. The number of hydrogen-bond donors (Lipinski definition) is 2. The van der Waals surface area contributed by atoms with Crippen LogP contribution in [0.3, 0.4) is 0 Å². The zero-order chi connectivity index (χ0) is 14.5. The lowest BCUT2D eigenvalue weighted by Gasteiger charge is -2.26. The van der Waals surface area contributed by atoms with Crippen molar-refractivity contribution in [2.24, 2.45) is 5.92 Å². The van der Waals surface area contributed by atoms with E-state index >= 15 is 0 Å². The maximum absolute atomic E-state index is 12.0. The predicted octanol–water partition coefficient (Wildman–Crippen LogP) is 0.323. The molecule has 1 aliphatic rings. The molecule has 1 aromatic rings. The number of carboxylic acid groups (broad SMARTS) is 1. The highest BCUT2D eigenvalue weighted by Crippen LogP contribution is 2.19. The van der Waals surface area contributed by atoms with Gasteiger partial charge >= 0.3 is 12.0 Å². The van der Waals surface area contributed by atoms with Gasteiger partial charge in [0.2, 0.25) is 0 Å². The second-order valence-electron chi connectivity index (χ2n) is 4.67. The van der Waals surface area contributed by atoms with Gasteiger partial charge in [0, 0.05) is 26.0 Å². The molecule has 0 bridgehead atoms. The highest BCUT2D eigenvalue weighted by molar-refractivity contribution is 5.77. The van der Waals surface area contributed by atoms with E-state index in [0.717, 1.165) is 5.56 Å². The van der Waals surface area contributed by atoms with E-state index < -0.39 is 17.9 Å². The molecule has 108 valence electrons. The minimum absolute atomic E-state index is 0.141. The number of pyridine rings is 1. The number of likely N-dealkylation sites (N-methyl/N-ethyl adjacent to an activating group) is 1. The number of carbonyl (C=O) groups excluding carboxylic acids is 1. The monoisotopic (exact) mass is 279 g/mol. The molecule has 2 N–H and O–H groups in total. The van der Waals surface area contributed by atoms with Gasteiger partial charge in [-0.1, -0.05) is 0 Å². The van der Waals surface area contributed by atoms with E-state index in [1.807, 2.05) is 0 Å². The molecule has 0 saturated carbocycles. The van der Waals surface area contributed by atoms with Gasteiger partial charge in [0.1, 0.15) is 5.92 Å². The van der Waals surface area contributed by atoms with Crippen LogP contribution in [0.1, 0.15) is 5.56 Å². The van der Waals surface area contributed by atoms with Crippen molar-refractivity contribution >= 4 is 12.0 Å². The molecule has 2 amide bonds. The smallest absolute Gasteiger partial charge is 0.317 e. The van der Waals surface area contributed by atoms with Gasteiger partial charge in [-0.15, -0.1) is 0 Å². The summed E-state index contributed by atoms with van der Waals surface area (Å²) in [5.74, 6) is -1.62. The van der Waals surface area contributed by atoms with E-state index in [2.05, 4.69) is 10.3 Å². The normalized spacial score (nSPS) is 21.4. The molecule has 0 aliphatic carbocycles. The Balaban J connectivity index is 1.90. The molecule has 7 nitrogen and oxygen atoms in total. The third kappa shape index (κ3) is 3.24. The lowest BCUT2D eigenvalue weighted by Crippen LogP contribution is -2.48. The first-order valence-electron chi connectivity index (χ1n) is 6.29. The first-order chi connectivity index (χ1) is 9.59. The number of aliphatic carboxylic acids is 1. The molecular formula is C13H17N3O4. The summed E-state index contributed by atoms with van der Waals surface area (Å²) in [6, 6.07) is 2.85. The van der Waals surface area contributed by atoms with Crippen LogP contribution in [0.25, 0.3) is 0 Å². The van der Waals surface area contributed by atoms with Gasteiger partial charge in [-0.3, -0.25) is 9.78 Å². The van der Waals surface area contributed by atoms with E-state index in [4.69, 9.17) is 9.84 Å². The van der Waals surface area contributed by atoms with Gasteiger partial charge in [-0.25, -0.2) is 4.79 Å². The fourth-order valence-corrected chi connectivity index (χ4v) is 2.11. The predicted molar refractivity (Wildman–Crippen MR) is 70.0 cm³/mol. The summed E-state index contributed by atoms with van der Waals surface area (Å²) in [7, 11) is 1.58. The molecular weight excluding hydrogens is 262 g/mol. The molecule has 2 rings (SSSR count). The van der Waals surface area contributed by atoms with Crippen molar-refractivity contribution in [3.8, 4) is 0 Å². The number of aromatic nitrogens is 1. The number of urea groups is 1. The molecule has 7 heteroatoms. The van der Waals surface area contributed by atoms with Crippen LogP contribution in [0.5, 0.6) is 0 Å². The fourth-order valence-electron chi connectivity index (χ4n) is 2.11. The van der Waals surface area contributed by atoms with Crippen LogP contribution in [-0.4, -0.2) is 53.3 Å². The molecule has 20 heavy (non-hydrogen) atoms. The van der Waals surface area contributed by atoms with E-state index in [1.165, 1.54) is 4.90 Å².